The van der Waals surface area contributed by atoms with Crippen molar-refractivity contribution in [1.29, 1.82) is 0 Å². The number of benzene rings is 1. The van der Waals surface area contributed by atoms with Gasteiger partial charge >= 0.3 is 0 Å². The highest BCUT2D eigenvalue weighted by Crippen LogP contribution is 2.05. The van der Waals surface area contributed by atoms with Crippen LogP contribution in [0, 0.1) is 11.7 Å². The van der Waals surface area contributed by atoms with Crippen LogP contribution in [-0.2, 0) is 11.3 Å². The molecular weight excluding hydrogens is 231 g/mol. The smallest absolute Gasteiger partial charge is 0.225 e. The third-order valence-electron chi connectivity index (χ3n) is 2.51. The Kier molecular flexibility index (Phi) is 4.71. The summed E-state index contributed by atoms with van der Waals surface area (Å²) in [5, 5.41) is 5.81. The number of halogens is 2. The molecule has 16 heavy (non-hydrogen) atoms. The maximum Gasteiger partial charge on any atom is 0.225 e. The quantitative estimate of drug-likeness (QED) is 0.836. The number of amides is 1. The molecule has 2 rings (SSSR count). The lowest BCUT2D eigenvalue weighted by molar-refractivity contribution is -0.126. The van der Waals surface area contributed by atoms with Crippen molar-refractivity contribution in [3.05, 3.63) is 35.6 Å². The molecule has 0 aliphatic carbocycles. The summed E-state index contributed by atoms with van der Waals surface area (Å²) < 4.78 is 12.8. The van der Waals surface area contributed by atoms with E-state index in [0.29, 0.717) is 6.54 Å². The van der Waals surface area contributed by atoms with Crippen molar-refractivity contribution in [3.63, 3.8) is 0 Å². The molecule has 0 saturated carbocycles. The van der Waals surface area contributed by atoms with Gasteiger partial charge in [-0.1, -0.05) is 12.1 Å². The third-order valence-corrected chi connectivity index (χ3v) is 2.51. The Morgan fingerprint density at radius 2 is 2.25 bits per heavy atom. The van der Waals surface area contributed by atoms with Crippen molar-refractivity contribution in [2.45, 2.75) is 6.54 Å². The van der Waals surface area contributed by atoms with Gasteiger partial charge in [0, 0.05) is 19.6 Å². The van der Waals surface area contributed by atoms with Crippen LogP contribution in [0.5, 0.6) is 0 Å². The maximum atomic E-state index is 12.8. The molecule has 1 aliphatic heterocycles. The molecule has 1 saturated heterocycles. The van der Waals surface area contributed by atoms with Crippen molar-refractivity contribution in [1.82, 2.24) is 10.6 Å². The lowest BCUT2D eigenvalue weighted by Crippen LogP contribution is -2.50. The van der Waals surface area contributed by atoms with Crippen molar-refractivity contribution in [2.24, 2.45) is 5.92 Å². The number of carbonyl (C=O) groups is 1. The van der Waals surface area contributed by atoms with E-state index in [2.05, 4.69) is 10.6 Å². The highest BCUT2D eigenvalue weighted by Gasteiger charge is 2.24. The molecule has 0 unspecified atom stereocenters. The van der Waals surface area contributed by atoms with Crippen LogP contribution in [-0.4, -0.2) is 19.0 Å². The first-order valence-electron chi connectivity index (χ1n) is 4.98. The van der Waals surface area contributed by atoms with Crippen LogP contribution in [0.3, 0.4) is 0 Å². The van der Waals surface area contributed by atoms with Gasteiger partial charge in [-0.05, 0) is 17.7 Å². The second-order valence-electron chi connectivity index (χ2n) is 3.70. The molecular formula is C11H14ClFN2O. The van der Waals surface area contributed by atoms with Gasteiger partial charge in [-0.25, -0.2) is 4.39 Å². The standard InChI is InChI=1S/C11H13FN2O.ClH/c12-10-3-1-2-8(4-10)5-14-11(15)9-6-13-7-9;/h1-4,9,13H,5-7H2,(H,14,15);1H. The lowest BCUT2D eigenvalue weighted by atomic mass is 10.0. The third kappa shape index (κ3) is 3.18. The molecule has 88 valence electrons. The fourth-order valence-electron chi connectivity index (χ4n) is 1.45. The van der Waals surface area contributed by atoms with Crippen LogP contribution < -0.4 is 10.6 Å². The minimum atomic E-state index is -0.271. The average Bonchev–Trinajstić information content (AvgIpc) is 2.12. The Hall–Kier alpha value is -1.13. The van der Waals surface area contributed by atoms with Crippen LogP contribution in [0.25, 0.3) is 0 Å². The number of hydrogen-bond acceptors (Lipinski definition) is 2. The Morgan fingerprint density at radius 3 is 2.81 bits per heavy atom. The Bertz CT molecular complexity index is 369. The second-order valence-corrected chi connectivity index (χ2v) is 3.70. The SMILES string of the molecule is Cl.O=C(NCc1cccc(F)c1)C1CNC1. The van der Waals surface area contributed by atoms with Crippen molar-refractivity contribution in [2.75, 3.05) is 13.1 Å². The van der Waals surface area contributed by atoms with E-state index in [0.717, 1.165) is 18.7 Å². The summed E-state index contributed by atoms with van der Waals surface area (Å²) in [5.41, 5.74) is 0.788. The van der Waals surface area contributed by atoms with E-state index in [4.69, 9.17) is 0 Å². The average molecular weight is 245 g/mol. The second kappa shape index (κ2) is 5.82. The van der Waals surface area contributed by atoms with Crippen LogP contribution in [0.4, 0.5) is 4.39 Å². The van der Waals surface area contributed by atoms with Crippen LogP contribution >= 0.6 is 12.4 Å². The molecule has 1 aromatic carbocycles. The van der Waals surface area contributed by atoms with Crippen LogP contribution in [0.2, 0.25) is 0 Å². The summed E-state index contributed by atoms with van der Waals surface area (Å²) in [6.45, 7) is 1.89. The molecule has 1 amide bonds. The van der Waals surface area contributed by atoms with Gasteiger partial charge in [-0.3, -0.25) is 4.79 Å². The molecule has 1 fully saturated rings. The van der Waals surface area contributed by atoms with Gasteiger partial charge < -0.3 is 10.6 Å². The fraction of sp³-hybridized carbons (Fsp3) is 0.364. The largest absolute Gasteiger partial charge is 0.352 e. The normalized spacial score (nSPS) is 14.8. The fourth-order valence-corrected chi connectivity index (χ4v) is 1.45. The zero-order valence-corrected chi connectivity index (χ0v) is 9.52. The van der Waals surface area contributed by atoms with Crippen molar-refractivity contribution >= 4 is 18.3 Å². The zero-order valence-electron chi connectivity index (χ0n) is 8.70. The summed E-state index contributed by atoms with van der Waals surface area (Å²) in [5.74, 6) is -0.149. The minimum absolute atomic E-state index is 0. The summed E-state index contributed by atoms with van der Waals surface area (Å²) in [6, 6.07) is 6.25. The highest BCUT2D eigenvalue weighted by atomic mass is 35.5. The van der Waals surface area contributed by atoms with E-state index >= 15 is 0 Å². The van der Waals surface area contributed by atoms with E-state index in [1.165, 1.54) is 12.1 Å². The van der Waals surface area contributed by atoms with E-state index in [-0.39, 0.29) is 30.0 Å². The van der Waals surface area contributed by atoms with Gasteiger partial charge in [-0.2, -0.15) is 0 Å². The Morgan fingerprint density at radius 1 is 1.50 bits per heavy atom. The van der Waals surface area contributed by atoms with Gasteiger partial charge in [0.15, 0.2) is 0 Å². The highest BCUT2D eigenvalue weighted by molar-refractivity contribution is 5.85. The first-order valence-corrected chi connectivity index (χ1v) is 4.98. The summed E-state index contributed by atoms with van der Waals surface area (Å²) in [4.78, 5) is 11.4. The molecule has 1 aromatic rings. The minimum Gasteiger partial charge on any atom is -0.352 e. The zero-order chi connectivity index (χ0) is 10.7. The molecule has 1 heterocycles. The van der Waals surface area contributed by atoms with Crippen molar-refractivity contribution in [3.8, 4) is 0 Å². The van der Waals surface area contributed by atoms with E-state index in [1.807, 2.05) is 0 Å². The van der Waals surface area contributed by atoms with E-state index in [1.54, 1.807) is 12.1 Å². The van der Waals surface area contributed by atoms with Gasteiger partial charge in [0.1, 0.15) is 5.82 Å². The Balaban J connectivity index is 0.00000128. The first-order chi connectivity index (χ1) is 7.25. The maximum absolute atomic E-state index is 12.8. The predicted molar refractivity (Wildman–Crippen MR) is 61.9 cm³/mol. The lowest BCUT2D eigenvalue weighted by Gasteiger charge is -2.25. The summed E-state index contributed by atoms with van der Waals surface area (Å²) in [7, 11) is 0. The number of hydrogen-bond donors (Lipinski definition) is 2. The molecule has 0 bridgehead atoms. The number of carbonyl (C=O) groups excluding carboxylic acids is 1. The Labute approximate surface area is 99.8 Å². The molecule has 0 aromatic heterocycles. The summed E-state index contributed by atoms with van der Waals surface area (Å²) >= 11 is 0. The first kappa shape index (κ1) is 12.9. The monoisotopic (exact) mass is 244 g/mol. The summed E-state index contributed by atoms with van der Waals surface area (Å²) in [6.07, 6.45) is 0. The molecule has 3 nitrogen and oxygen atoms in total. The molecule has 2 N–H and O–H groups in total. The van der Waals surface area contributed by atoms with E-state index < -0.39 is 0 Å². The topological polar surface area (TPSA) is 41.1 Å². The molecule has 1 aliphatic rings. The van der Waals surface area contributed by atoms with Gasteiger partial charge in [-0.15, -0.1) is 12.4 Å². The molecule has 0 atom stereocenters. The van der Waals surface area contributed by atoms with Gasteiger partial charge in [0.05, 0.1) is 5.92 Å². The number of rotatable bonds is 3. The molecule has 0 radical (unpaired) electrons. The predicted octanol–water partition coefficient (Wildman–Crippen LogP) is 1.08. The van der Waals surface area contributed by atoms with Crippen molar-refractivity contribution < 1.29 is 9.18 Å². The van der Waals surface area contributed by atoms with Gasteiger partial charge in [0.2, 0.25) is 5.91 Å². The molecule has 5 heteroatoms. The van der Waals surface area contributed by atoms with Gasteiger partial charge in [0.25, 0.3) is 0 Å². The number of nitrogens with one attached hydrogen (secondary N) is 2. The molecule has 0 spiro atoms. The van der Waals surface area contributed by atoms with Crippen LogP contribution in [0.15, 0.2) is 24.3 Å². The van der Waals surface area contributed by atoms with Crippen LogP contribution in [0.1, 0.15) is 5.56 Å². The van der Waals surface area contributed by atoms with E-state index in [9.17, 15) is 9.18 Å².